The summed E-state index contributed by atoms with van der Waals surface area (Å²) in [6.07, 6.45) is 6.81. The minimum absolute atomic E-state index is 0.169. The minimum Gasteiger partial charge on any atom is -0.294 e. The first-order chi connectivity index (χ1) is 11.2. The SMILES string of the molecule is CCCC(CCC)/C(=C\c1ccc(F)c(CC)c1)C(=O)C(C)(C)C. The van der Waals surface area contributed by atoms with Crippen molar-refractivity contribution in [1.29, 1.82) is 0 Å². The molecular formula is C22H33FO. The summed E-state index contributed by atoms with van der Waals surface area (Å²) in [6.45, 7) is 12.2. The van der Waals surface area contributed by atoms with Crippen LogP contribution in [0.4, 0.5) is 4.39 Å². The van der Waals surface area contributed by atoms with Gasteiger partial charge in [0, 0.05) is 5.41 Å². The lowest BCUT2D eigenvalue weighted by Gasteiger charge is -2.25. The average molecular weight is 333 g/mol. The first kappa shape index (κ1) is 20.6. The highest BCUT2D eigenvalue weighted by atomic mass is 19.1. The maximum atomic E-state index is 13.8. The summed E-state index contributed by atoms with van der Waals surface area (Å²) in [5, 5.41) is 0. The van der Waals surface area contributed by atoms with Crippen molar-refractivity contribution >= 4 is 11.9 Å². The first-order valence-electron chi connectivity index (χ1n) is 9.29. The number of rotatable bonds is 8. The molecule has 0 bridgehead atoms. The molecule has 24 heavy (non-hydrogen) atoms. The Balaban J connectivity index is 3.37. The number of carbonyl (C=O) groups is 1. The van der Waals surface area contributed by atoms with Gasteiger partial charge in [-0.25, -0.2) is 4.39 Å². The molecule has 0 radical (unpaired) electrons. The summed E-state index contributed by atoms with van der Waals surface area (Å²) in [7, 11) is 0. The van der Waals surface area contributed by atoms with Gasteiger partial charge in [0.25, 0.3) is 0 Å². The van der Waals surface area contributed by atoms with Gasteiger partial charge < -0.3 is 0 Å². The number of halogens is 1. The minimum atomic E-state index is -0.404. The van der Waals surface area contributed by atoms with Crippen LogP contribution >= 0.6 is 0 Å². The maximum absolute atomic E-state index is 13.8. The second-order valence-corrected chi connectivity index (χ2v) is 7.66. The third kappa shape index (κ3) is 5.58. The van der Waals surface area contributed by atoms with Crippen molar-refractivity contribution in [1.82, 2.24) is 0 Å². The lowest BCUT2D eigenvalue weighted by atomic mass is 9.77. The Labute approximate surface area is 147 Å². The molecule has 1 rings (SSSR count). The van der Waals surface area contributed by atoms with Crippen molar-refractivity contribution in [3.8, 4) is 0 Å². The second-order valence-electron chi connectivity index (χ2n) is 7.66. The molecule has 1 aromatic carbocycles. The van der Waals surface area contributed by atoms with E-state index in [0.717, 1.165) is 36.8 Å². The van der Waals surface area contributed by atoms with E-state index in [1.165, 1.54) is 6.07 Å². The number of allylic oxidation sites excluding steroid dienone is 1. The van der Waals surface area contributed by atoms with Crippen molar-refractivity contribution in [3.05, 3.63) is 40.7 Å². The quantitative estimate of drug-likeness (QED) is 0.490. The van der Waals surface area contributed by atoms with Gasteiger partial charge in [-0.15, -0.1) is 0 Å². The molecule has 0 N–H and O–H groups in total. The molecule has 0 unspecified atom stereocenters. The van der Waals surface area contributed by atoms with Gasteiger partial charge in [0.05, 0.1) is 0 Å². The zero-order valence-electron chi connectivity index (χ0n) is 16.2. The van der Waals surface area contributed by atoms with E-state index >= 15 is 0 Å². The monoisotopic (exact) mass is 332 g/mol. The number of aryl methyl sites for hydroxylation is 1. The molecule has 0 aromatic heterocycles. The third-order valence-electron chi connectivity index (χ3n) is 4.43. The third-order valence-corrected chi connectivity index (χ3v) is 4.43. The van der Waals surface area contributed by atoms with Crippen molar-refractivity contribution in [2.75, 3.05) is 0 Å². The van der Waals surface area contributed by atoms with Crippen LogP contribution in [0.2, 0.25) is 0 Å². The number of ketones is 1. The molecule has 0 saturated carbocycles. The van der Waals surface area contributed by atoms with E-state index in [2.05, 4.69) is 13.8 Å². The molecule has 0 amide bonds. The molecule has 0 spiro atoms. The van der Waals surface area contributed by atoms with Crippen LogP contribution in [0.15, 0.2) is 23.8 Å². The van der Waals surface area contributed by atoms with Crippen LogP contribution in [-0.2, 0) is 11.2 Å². The topological polar surface area (TPSA) is 17.1 Å². The van der Waals surface area contributed by atoms with E-state index in [-0.39, 0.29) is 17.5 Å². The predicted molar refractivity (Wildman–Crippen MR) is 102 cm³/mol. The van der Waals surface area contributed by atoms with E-state index < -0.39 is 5.41 Å². The average Bonchev–Trinajstić information content (AvgIpc) is 2.52. The molecule has 0 heterocycles. The molecule has 0 aliphatic carbocycles. The van der Waals surface area contributed by atoms with Crippen molar-refractivity contribution in [3.63, 3.8) is 0 Å². The van der Waals surface area contributed by atoms with Crippen LogP contribution in [0.5, 0.6) is 0 Å². The van der Waals surface area contributed by atoms with Gasteiger partial charge in [0.2, 0.25) is 0 Å². The molecule has 1 nitrogen and oxygen atoms in total. The fourth-order valence-electron chi connectivity index (χ4n) is 3.09. The van der Waals surface area contributed by atoms with Gasteiger partial charge in [-0.05, 0) is 60.1 Å². The molecule has 134 valence electrons. The Morgan fingerprint density at radius 1 is 1.12 bits per heavy atom. The highest BCUT2D eigenvalue weighted by molar-refractivity contribution is 6.03. The van der Waals surface area contributed by atoms with E-state index in [4.69, 9.17) is 0 Å². The first-order valence-corrected chi connectivity index (χ1v) is 9.29. The van der Waals surface area contributed by atoms with Gasteiger partial charge >= 0.3 is 0 Å². The predicted octanol–water partition coefficient (Wildman–Crippen LogP) is 6.60. The van der Waals surface area contributed by atoms with Gasteiger partial charge in [-0.3, -0.25) is 4.79 Å². The summed E-state index contributed by atoms with van der Waals surface area (Å²) in [5.74, 6) is 0.315. The zero-order valence-corrected chi connectivity index (χ0v) is 16.2. The summed E-state index contributed by atoms with van der Waals surface area (Å²) in [5.41, 5.74) is 2.13. The van der Waals surface area contributed by atoms with Gasteiger partial charge in [-0.1, -0.05) is 60.5 Å². The molecule has 0 aliphatic rings. The Hall–Kier alpha value is -1.44. The van der Waals surface area contributed by atoms with Crippen LogP contribution < -0.4 is 0 Å². The Morgan fingerprint density at radius 2 is 1.71 bits per heavy atom. The van der Waals surface area contributed by atoms with Gasteiger partial charge in [-0.2, -0.15) is 0 Å². The van der Waals surface area contributed by atoms with E-state index in [1.807, 2.05) is 39.8 Å². The van der Waals surface area contributed by atoms with Crippen molar-refractivity contribution < 1.29 is 9.18 Å². The molecule has 0 atom stereocenters. The number of benzene rings is 1. The highest BCUT2D eigenvalue weighted by Gasteiger charge is 2.29. The molecule has 2 heteroatoms. The van der Waals surface area contributed by atoms with Crippen LogP contribution in [0.3, 0.4) is 0 Å². The lowest BCUT2D eigenvalue weighted by molar-refractivity contribution is -0.123. The summed E-state index contributed by atoms with van der Waals surface area (Å²) in [4.78, 5) is 13.0. The summed E-state index contributed by atoms with van der Waals surface area (Å²) >= 11 is 0. The fraction of sp³-hybridized carbons (Fsp3) is 0.591. The van der Waals surface area contributed by atoms with Crippen LogP contribution in [-0.4, -0.2) is 5.78 Å². The summed E-state index contributed by atoms with van der Waals surface area (Å²) in [6, 6.07) is 5.16. The van der Waals surface area contributed by atoms with Crippen LogP contribution in [0.25, 0.3) is 6.08 Å². The Bertz CT molecular complexity index is 572. The smallest absolute Gasteiger partial charge is 0.164 e. The Morgan fingerprint density at radius 3 is 2.17 bits per heavy atom. The van der Waals surface area contributed by atoms with Gasteiger partial charge in [0.15, 0.2) is 5.78 Å². The van der Waals surface area contributed by atoms with Crippen LogP contribution in [0.1, 0.15) is 78.4 Å². The fourth-order valence-corrected chi connectivity index (χ4v) is 3.09. The Kier molecular flexibility index (Phi) is 7.86. The zero-order chi connectivity index (χ0) is 18.3. The van der Waals surface area contributed by atoms with Gasteiger partial charge in [0.1, 0.15) is 5.82 Å². The highest BCUT2D eigenvalue weighted by Crippen LogP contribution is 2.32. The largest absolute Gasteiger partial charge is 0.294 e. The normalized spacial score (nSPS) is 12.8. The maximum Gasteiger partial charge on any atom is 0.164 e. The molecule has 0 aliphatic heterocycles. The number of carbonyl (C=O) groups excluding carboxylic acids is 1. The van der Waals surface area contributed by atoms with Crippen LogP contribution in [0, 0.1) is 17.2 Å². The lowest BCUT2D eigenvalue weighted by Crippen LogP contribution is -2.26. The molecule has 0 fully saturated rings. The van der Waals surface area contributed by atoms with E-state index in [0.29, 0.717) is 12.0 Å². The van der Waals surface area contributed by atoms with E-state index in [1.54, 1.807) is 6.07 Å². The standard InChI is InChI=1S/C22H33FO/c1-7-10-18(11-8-2)19(21(24)22(4,5)6)15-16-12-13-20(23)17(9-3)14-16/h12-15,18H,7-11H2,1-6H3/b19-15+. The van der Waals surface area contributed by atoms with Crippen molar-refractivity contribution in [2.45, 2.75) is 73.6 Å². The molecular weight excluding hydrogens is 299 g/mol. The molecule has 1 aromatic rings. The number of hydrogen-bond donors (Lipinski definition) is 0. The number of hydrogen-bond acceptors (Lipinski definition) is 1. The molecule has 0 saturated heterocycles. The van der Waals surface area contributed by atoms with Crippen molar-refractivity contribution in [2.24, 2.45) is 11.3 Å². The second kappa shape index (κ2) is 9.15. The van der Waals surface area contributed by atoms with E-state index in [9.17, 15) is 9.18 Å². The summed E-state index contributed by atoms with van der Waals surface area (Å²) < 4.78 is 13.8. The number of Topliss-reactive ketones (excluding diaryl/α,β-unsaturated/α-hetero) is 1.